The van der Waals surface area contributed by atoms with Gasteiger partial charge < -0.3 is 9.84 Å². The van der Waals surface area contributed by atoms with Crippen molar-refractivity contribution in [1.82, 2.24) is 9.55 Å². The number of fused-ring (bicyclic) bond motifs is 1. The Balaban J connectivity index is 2.29. The monoisotopic (exact) mass is 330 g/mol. The highest BCUT2D eigenvalue weighted by atomic mass is 32.1. The molecule has 3 rings (SSSR count). The average Bonchev–Trinajstić information content (AvgIpc) is 2.94. The molecule has 0 spiro atoms. The zero-order chi connectivity index (χ0) is 16.6. The molecule has 0 amide bonds. The maximum Gasteiger partial charge on any atom is 0.323 e. The summed E-state index contributed by atoms with van der Waals surface area (Å²) in [7, 11) is 1.57. The van der Waals surface area contributed by atoms with Gasteiger partial charge in [-0.05, 0) is 19.1 Å². The third-order valence-electron chi connectivity index (χ3n) is 3.51. The predicted octanol–water partition coefficient (Wildman–Crippen LogP) is 2.53. The van der Waals surface area contributed by atoms with Crippen LogP contribution in [0.1, 0.15) is 5.56 Å². The molecule has 7 heteroatoms. The molecule has 6 nitrogen and oxygen atoms in total. The van der Waals surface area contributed by atoms with Crippen molar-refractivity contribution in [2.45, 2.75) is 13.5 Å². The topological polar surface area (TPSA) is 81.4 Å². The van der Waals surface area contributed by atoms with Crippen molar-refractivity contribution in [2.24, 2.45) is 0 Å². The van der Waals surface area contributed by atoms with E-state index in [1.165, 1.54) is 17.7 Å². The molecule has 1 aromatic carbocycles. The molecule has 0 unspecified atom stereocenters. The Morgan fingerprint density at radius 3 is 2.87 bits per heavy atom. The van der Waals surface area contributed by atoms with Gasteiger partial charge in [0, 0.05) is 16.5 Å². The van der Waals surface area contributed by atoms with Crippen LogP contribution in [0.25, 0.3) is 21.3 Å². The maximum atomic E-state index is 12.6. The summed E-state index contributed by atoms with van der Waals surface area (Å²) in [6.45, 7) is 1.54. The Labute approximate surface area is 135 Å². The lowest BCUT2D eigenvalue weighted by Gasteiger charge is -2.09. The highest BCUT2D eigenvalue weighted by Crippen LogP contribution is 2.36. The van der Waals surface area contributed by atoms with E-state index in [-0.39, 0.29) is 5.56 Å². The van der Waals surface area contributed by atoms with Crippen LogP contribution in [0.4, 0.5) is 0 Å². The van der Waals surface area contributed by atoms with Crippen LogP contribution in [0.15, 0.2) is 34.7 Å². The molecule has 0 fully saturated rings. The van der Waals surface area contributed by atoms with Gasteiger partial charge in [0.2, 0.25) is 0 Å². The van der Waals surface area contributed by atoms with Crippen molar-refractivity contribution in [2.75, 3.05) is 7.11 Å². The fourth-order valence-corrected chi connectivity index (χ4v) is 3.35. The number of methoxy groups -OCH3 is 1. The zero-order valence-electron chi connectivity index (χ0n) is 12.6. The Morgan fingerprint density at radius 1 is 1.39 bits per heavy atom. The maximum absolute atomic E-state index is 12.6. The summed E-state index contributed by atoms with van der Waals surface area (Å²) >= 11 is 1.35. The van der Waals surface area contributed by atoms with Gasteiger partial charge in [-0.3, -0.25) is 14.2 Å². The number of carboxylic acid groups (broad SMARTS) is 1. The predicted molar refractivity (Wildman–Crippen MR) is 88.2 cm³/mol. The van der Waals surface area contributed by atoms with Crippen molar-refractivity contribution in [1.29, 1.82) is 0 Å². The van der Waals surface area contributed by atoms with Gasteiger partial charge >= 0.3 is 5.97 Å². The molecule has 0 atom stereocenters. The molecule has 0 radical (unpaired) electrons. The van der Waals surface area contributed by atoms with Gasteiger partial charge in [-0.2, -0.15) is 0 Å². The van der Waals surface area contributed by atoms with Crippen molar-refractivity contribution in [3.8, 4) is 16.9 Å². The van der Waals surface area contributed by atoms with Gasteiger partial charge in [0.15, 0.2) is 0 Å². The minimum Gasteiger partial charge on any atom is -0.496 e. The Morgan fingerprint density at radius 2 is 2.17 bits per heavy atom. The molecule has 1 N–H and O–H groups in total. The van der Waals surface area contributed by atoms with Gasteiger partial charge in [0.05, 0.1) is 18.8 Å². The molecule has 0 aliphatic carbocycles. The zero-order valence-corrected chi connectivity index (χ0v) is 13.4. The number of hydrogen-bond donors (Lipinski definition) is 1. The first-order chi connectivity index (χ1) is 11.0. The van der Waals surface area contributed by atoms with Gasteiger partial charge in [-0.1, -0.05) is 11.6 Å². The number of aromatic nitrogens is 2. The molecule has 0 saturated carbocycles. The van der Waals surface area contributed by atoms with Crippen LogP contribution in [0.3, 0.4) is 0 Å². The molecule has 118 valence electrons. The molecule has 0 saturated heterocycles. The highest BCUT2D eigenvalue weighted by molar-refractivity contribution is 7.17. The molecule has 0 aliphatic rings. The van der Waals surface area contributed by atoms with E-state index in [0.717, 1.165) is 15.7 Å². The lowest BCUT2D eigenvalue weighted by Crippen LogP contribution is -2.24. The first-order valence-corrected chi connectivity index (χ1v) is 7.72. The fourth-order valence-electron chi connectivity index (χ4n) is 2.46. The largest absolute Gasteiger partial charge is 0.496 e. The highest BCUT2D eigenvalue weighted by Gasteiger charge is 2.17. The van der Waals surface area contributed by atoms with Crippen LogP contribution in [0.2, 0.25) is 0 Å². The van der Waals surface area contributed by atoms with Crippen LogP contribution in [0.5, 0.6) is 5.75 Å². The molecule has 2 heterocycles. The Hall–Kier alpha value is -2.67. The summed E-state index contributed by atoms with van der Waals surface area (Å²) in [6.07, 6.45) is 1.27. The third kappa shape index (κ3) is 2.70. The number of carboxylic acids is 1. The quantitative estimate of drug-likeness (QED) is 0.795. The van der Waals surface area contributed by atoms with E-state index in [9.17, 15) is 9.59 Å². The number of benzene rings is 1. The molecule has 0 bridgehead atoms. The smallest absolute Gasteiger partial charge is 0.323 e. The van der Waals surface area contributed by atoms with Crippen LogP contribution in [0, 0.1) is 6.92 Å². The number of rotatable bonds is 4. The summed E-state index contributed by atoms with van der Waals surface area (Å²) in [4.78, 5) is 28.3. The number of hydrogen-bond acceptors (Lipinski definition) is 5. The Kier molecular flexibility index (Phi) is 3.87. The van der Waals surface area contributed by atoms with E-state index < -0.39 is 12.5 Å². The summed E-state index contributed by atoms with van der Waals surface area (Å²) in [5.41, 5.74) is 2.18. The van der Waals surface area contributed by atoms with Crippen molar-refractivity contribution in [3.63, 3.8) is 0 Å². The van der Waals surface area contributed by atoms with Gasteiger partial charge in [0.1, 0.15) is 17.1 Å². The molecule has 3 aromatic rings. The van der Waals surface area contributed by atoms with E-state index in [1.807, 2.05) is 30.5 Å². The first kappa shape index (κ1) is 15.2. The third-order valence-corrected chi connectivity index (χ3v) is 4.40. The summed E-state index contributed by atoms with van der Waals surface area (Å²) < 4.78 is 6.49. The second kappa shape index (κ2) is 5.85. The number of aliphatic carboxylic acids is 1. The SMILES string of the molecule is COc1ccc(C)cc1-c1csc2ncn(CC(=O)O)c(=O)c12. The summed E-state index contributed by atoms with van der Waals surface area (Å²) in [6, 6.07) is 5.71. The van der Waals surface area contributed by atoms with E-state index >= 15 is 0 Å². The van der Waals surface area contributed by atoms with Crippen LogP contribution < -0.4 is 10.3 Å². The molecular formula is C16H14N2O4S. The first-order valence-electron chi connectivity index (χ1n) is 6.84. The summed E-state index contributed by atoms with van der Waals surface area (Å²) in [5, 5.41) is 11.2. The number of nitrogens with zero attached hydrogens (tertiary/aromatic N) is 2. The number of thiophene rings is 1. The normalized spacial score (nSPS) is 10.9. The van der Waals surface area contributed by atoms with E-state index in [4.69, 9.17) is 9.84 Å². The van der Waals surface area contributed by atoms with Gasteiger partial charge in [-0.25, -0.2) is 4.98 Å². The molecular weight excluding hydrogens is 316 g/mol. The lowest BCUT2D eigenvalue weighted by atomic mass is 10.0. The van der Waals surface area contributed by atoms with Crippen LogP contribution in [-0.4, -0.2) is 27.7 Å². The minimum absolute atomic E-state index is 0.364. The molecule has 23 heavy (non-hydrogen) atoms. The standard InChI is InChI=1S/C16H14N2O4S/c1-9-3-4-12(22-2)10(5-9)11-7-23-15-14(11)16(21)18(8-17-15)6-13(19)20/h3-5,7-8H,6H2,1-2H3,(H,19,20). The Bertz CT molecular complexity index is 958. The van der Waals surface area contributed by atoms with Crippen molar-refractivity contribution >= 4 is 27.5 Å². The number of ether oxygens (including phenoxy) is 1. The number of aryl methyl sites for hydroxylation is 1. The lowest BCUT2D eigenvalue weighted by molar-refractivity contribution is -0.137. The van der Waals surface area contributed by atoms with E-state index in [2.05, 4.69) is 4.98 Å². The van der Waals surface area contributed by atoms with Gasteiger partial charge in [-0.15, -0.1) is 11.3 Å². The second-order valence-corrected chi connectivity index (χ2v) is 5.96. The van der Waals surface area contributed by atoms with Crippen molar-refractivity contribution in [3.05, 3.63) is 45.8 Å². The van der Waals surface area contributed by atoms with Crippen LogP contribution in [-0.2, 0) is 11.3 Å². The second-order valence-electron chi connectivity index (χ2n) is 5.10. The van der Waals surface area contributed by atoms with Crippen LogP contribution >= 0.6 is 11.3 Å². The van der Waals surface area contributed by atoms with Crippen molar-refractivity contribution < 1.29 is 14.6 Å². The fraction of sp³-hybridized carbons (Fsp3) is 0.188. The molecule has 0 aliphatic heterocycles. The van der Waals surface area contributed by atoms with Gasteiger partial charge in [0.25, 0.3) is 5.56 Å². The van der Waals surface area contributed by atoms with E-state index in [1.54, 1.807) is 7.11 Å². The average molecular weight is 330 g/mol. The van der Waals surface area contributed by atoms with E-state index in [0.29, 0.717) is 21.5 Å². The minimum atomic E-state index is -1.09. The summed E-state index contributed by atoms with van der Waals surface area (Å²) in [5.74, 6) is -0.429. The number of carbonyl (C=O) groups is 1. The molecule has 2 aromatic heterocycles.